The first kappa shape index (κ1) is 16.7. The van der Waals surface area contributed by atoms with Crippen molar-refractivity contribution in [1.82, 2.24) is 15.2 Å². The summed E-state index contributed by atoms with van der Waals surface area (Å²) in [5.74, 6) is 0.873. The number of nitrogens with one attached hydrogen (secondary N) is 1. The van der Waals surface area contributed by atoms with E-state index in [0.717, 1.165) is 18.9 Å². The Morgan fingerprint density at radius 2 is 2.05 bits per heavy atom. The van der Waals surface area contributed by atoms with Gasteiger partial charge in [0.25, 0.3) is 5.91 Å². The Morgan fingerprint density at radius 1 is 1.36 bits per heavy atom. The topological polar surface area (TPSA) is 48.5 Å². The number of hydrogen-bond acceptors (Lipinski definition) is 4. The molecule has 1 aromatic rings. The van der Waals surface area contributed by atoms with Crippen molar-refractivity contribution in [1.29, 1.82) is 0 Å². The molecule has 1 fully saturated rings. The maximum Gasteiger partial charge on any atom is 0.252 e. The Kier molecular flexibility index (Phi) is 5.77. The number of nitrogens with zero attached hydrogens (tertiary/aromatic N) is 3. The normalized spacial score (nSPS) is 15.7. The lowest BCUT2D eigenvalue weighted by Gasteiger charge is -2.24. The van der Waals surface area contributed by atoms with Gasteiger partial charge in [-0.25, -0.2) is 4.98 Å². The number of likely N-dealkylation sites (N-methyl/N-ethyl adjacent to an activating group) is 1. The highest BCUT2D eigenvalue weighted by molar-refractivity contribution is 5.94. The smallest absolute Gasteiger partial charge is 0.252 e. The maximum atomic E-state index is 12.2. The molecule has 1 unspecified atom stereocenters. The molecule has 1 aliphatic carbocycles. The molecule has 5 nitrogen and oxygen atoms in total. The van der Waals surface area contributed by atoms with E-state index in [9.17, 15) is 4.79 Å². The molecule has 1 heterocycles. The van der Waals surface area contributed by atoms with Crippen LogP contribution in [0.3, 0.4) is 0 Å². The molecule has 1 aromatic heterocycles. The first-order chi connectivity index (χ1) is 10.6. The fraction of sp³-hybridized carbons (Fsp3) is 0.647. The number of hydrogen-bond donors (Lipinski definition) is 1. The van der Waals surface area contributed by atoms with Crippen molar-refractivity contribution in [3.05, 3.63) is 23.9 Å². The van der Waals surface area contributed by atoms with Crippen molar-refractivity contribution in [3.8, 4) is 0 Å². The van der Waals surface area contributed by atoms with Crippen molar-refractivity contribution in [2.45, 2.75) is 45.7 Å². The summed E-state index contributed by atoms with van der Waals surface area (Å²) in [6.07, 6.45) is 4.23. The minimum Gasteiger partial charge on any atom is -0.357 e. The quantitative estimate of drug-likeness (QED) is 0.799. The molecule has 122 valence electrons. The van der Waals surface area contributed by atoms with Gasteiger partial charge in [-0.2, -0.15) is 0 Å². The van der Waals surface area contributed by atoms with Crippen molar-refractivity contribution < 1.29 is 4.79 Å². The second-order valence-corrected chi connectivity index (χ2v) is 6.03. The number of anilines is 1. The number of carbonyl (C=O) groups excluding carboxylic acids is 1. The van der Waals surface area contributed by atoms with E-state index >= 15 is 0 Å². The third-order valence-corrected chi connectivity index (χ3v) is 4.47. The summed E-state index contributed by atoms with van der Waals surface area (Å²) < 4.78 is 0. The van der Waals surface area contributed by atoms with Crippen LogP contribution in [0.25, 0.3) is 0 Å². The van der Waals surface area contributed by atoms with Crippen LogP contribution >= 0.6 is 0 Å². The molecule has 0 spiro atoms. The van der Waals surface area contributed by atoms with Crippen LogP contribution in [0, 0.1) is 0 Å². The lowest BCUT2D eigenvalue weighted by atomic mass is 10.2. The molecule has 22 heavy (non-hydrogen) atoms. The number of aromatic nitrogens is 1. The fourth-order valence-corrected chi connectivity index (χ4v) is 2.58. The lowest BCUT2D eigenvalue weighted by molar-refractivity contribution is 0.0939. The highest BCUT2D eigenvalue weighted by Crippen LogP contribution is 2.26. The van der Waals surface area contributed by atoms with E-state index in [-0.39, 0.29) is 5.91 Å². The molecular weight excluding hydrogens is 276 g/mol. The molecule has 5 heteroatoms. The average molecular weight is 304 g/mol. The summed E-state index contributed by atoms with van der Waals surface area (Å²) in [5, 5.41) is 3.00. The molecule has 1 saturated carbocycles. The minimum absolute atomic E-state index is 0.0466. The zero-order valence-electron chi connectivity index (χ0n) is 14.2. The van der Waals surface area contributed by atoms with E-state index in [2.05, 4.69) is 47.9 Å². The predicted molar refractivity (Wildman–Crippen MR) is 90.4 cm³/mol. The van der Waals surface area contributed by atoms with E-state index in [1.807, 2.05) is 12.1 Å². The molecule has 0 radical (unpaired) electrons. The van der Waals surface area contributed by atoms with Crippen LogP contribution in [0.5, 0.6) is 0 Å². The van der Waals surface area contributed by atoms with Gasteiger partial charge in [-0.15, -0.1) is 0 Å². The third kappa shape index (κ3) is 4.19. The maximum absolute atomic E-state index is 12.2. The Bertz CT molecular complexity index is 480. The summed E-state index contributed by atoms with van der Waals surface area (Å²) in [5.41, 5.74) is 0.622. The Balaban J connectivity index is 1.86. The van der Waals surface area contributed by atoms with Gasteiger partial charge in [0.15, 0.2) is 0 Å². The monoisotopic (exact) mass is 304 g/mol. The Morgan fingerprint density at radius 3 is 2.55 bits per heavy atom. The lowest BCUT2D eigenvalue weighted by Crippen LogP contribution is -2.41. The summed E-state index contributed by atoms with van der Waals surface area (Å²) in [4.78, 5) is 21.1. The van der Waals surface area contributed by atoms with Crippen molar-refractivity contribution in [2.75, 3.05) is 31.6 Å². The average Bonchev–Trinajstić information content (AvgIpc) is 3.38. The third-order valence-electron chi connectivity index (χ3n) is 4.47. The van der Waals surface area contributed by atoms with E-state index in [1.165, 1.54) is 12.8 Å². The molecule has 1 amide bonds. The van der Waals surface area contributed by atoms with E-state index in [1.54, 1.807) is 6.20 Å². The SMILES string of the molecule is CCN(CC)c1ccc(C(=O)NCC(C)N(C)C2CC2)cn1. The molecule has 1 atom stereocenters. The van der Waals surface area contributed by atoms with Crippen molar-refractivity contribution in [3.63, 3.8) is 0 Å². The van der Waals surface area contributed by atoms with Gasteiger partial charge in [0.1, 0.15) is 5.82 Å². The molecule has 1 aliphatic rings. The van der Waals surface area contributed by atoms with Gasteiger partial charge < -0.3 is 10.2 Å². The number of rotatable bonds is 8. The first-order valence-electron chi connectivity index (χ1n) is 8.27. The van der Waals surface area contributed by atoms with Crippen LogP contribution in [0.4, 0.5) is 5.82 Å². The summed E-state index contributed by atoms with van der Waals surface area (Å²) in [6.45, 7) is 8.86. The minimum atomic E-state index is -0.0466. The van der Waals surface area contributed by atoms with Crippen LogP contribution in [0.2, 0.25) is 0 Å². The zero-order valence-corrected chi connectivity index (χ0v) is 14.2. The van der Waals surface area contributed by atoms with Crippen LogP contribution in [0.1, 0.15) is 44.0 Å². The van der Waals surface area contributed by atoms with Gasteiger partial charge in [-0.3, -0.25) is 9.69 Å². The summed E-state index contributed by atoms with van der Waals surface area (Å²) >= 11 is 0. The highest BCUT2D eigenvalue weighted by atomic mass is 16.1. The standard InChI is InChI=1S/C17H28N4O/c1-5-21(6-2)16-10-7-14(12-18-16)17(22)19-11-13(3)20(4)15-8-9-15/h7,10,12-13,15H,5-6,8-9,11H2,1-4H3,(H,19,22). The molecule has 0 aromatic carbocycles. The van der Waals surface area contributed by atoms with Gasteiger partial charge in [0.05, 0.1) is 5.56 Å². The van der Waals surface area contributed by atoms with Crippen molar-refractivity contribution in [2.24, 2.45) is 0 Å². The van der Waals surface area contributed by atoms with Crippen LogP contribution < -0.4 is 10.2 Å². The first-order valence-corrected chi connectivity index (χ1v) is 8.27. The molecule has 0 bridgehead atoms. The van der Waals surface area contributed by atoms with Gasteiger partial charge in [0, 0.05) is 37.9 Å². The second kappa shape index (κ2) is 7.58. The van der Waals surface area contributed by atoms with Gasteiger partial charge in [0.2, 0.25) is 0 Å². The predicted octanol–water partition coefficient (Wildman–Crippen LogP) is 2.14. The van der Waals surface area contributed by atoms with Gasteiger partial charge in [-0.1, -0.05) is 0 Å². The zero-order chi connectivity index (χ0) is 16.1. The van der Waals surface area contributed by atoms with Crippen LogP contribution in [-0.4, -0.2) is 54.6 Å². The van der Waals surface area contributed by atoms with E-state index in [4.69, 9.17) is 0 Å². The van der Waals surface area contributed by atoms with Crippen molar-refractivity contribution >= 4 is 11.7 Å². The summed E-state index contributed by atoms with van der Waals surface area (Å²) in [7, 11) is 2.13. The van der Waals surface area contributed by atoms with E-state index in [0.29, 0.717) is 24.2 Å². The fourth-order valence-electron chi connectivity index (χ4n) is 2.58. The number of amides is 1. The largest absolute Gasteiger partial charge is 0.357 e. The molecule has 1 N–H and O–H groups in total. The highest BCUT2D eigenvalue weighted by Gasteiger charge is 2.29. The Labute approximate surface area is 133 Å². The van der Waals surface area contributed by atoms with Gasteiger partial charge >= 0.3 is 0 Å². The molecular formula is C17H28N4O. The summed E-state index contributed by atoms with van der Waals surface area (Å²) in [6, 6.07) is 4.84. The molecule has 2 rings (SSSR count). The molecule has 0 saturated heterocycles. The van der Waals surface area contributed by atoms with Crippen LogP contribution in [-0.2, 0) is 0 Å². The van der Waals surface area contributed by atoms with E-state index < -0.39 is 0 Å². The second-order valence-electron chi connectivity index (χ2n) is 6.03. The van der Waals surface area contributed by atoms with Gasteiger partial charge in [-0.05, 0) is 52.8 Å². The number of pyridine rings is 1. The molecule has 0 aliphatic heterocycles. The number of carbonyl (C=O) groups is 1. The van der Waals surface area contributed by atoms with Crippen LogP contribution in [0.15, 0.2) is 18.3 Å². The Hall–Kier alpha value is -1.62.